The van der Waals surface area contributed by atoms with Gasteiger partial charge < -0.3 is 9.73 Å². The summed E-state index contributed by atoms with van der Waals surface area (Å²) in [7, 11) is 0. The first-order valence-corrected chi connectivity index (χ1v) is 17.3. The van der Waals surface area contributed by atoms with Gasteiger partial charge in [0.25, 0.3) is 0 Å². The lowest BCUT2D eigenvalue weighted by atomic mass is 9.92. The van der Waals surface area contributed by atoms with Crippen LogP contribution >= 0.6 is 0 Å². The maximum atomic E-state index is 6.27. The zero-order valence-electron chi connectivity index (χ0n) is 27.6. The van der Waals surface area contributed by atoms with Crippen molar-refractivity contribution >= 4 is 55.2 Å². The Balaban J connectivity index is 1.12. The molecule has 51 heavy (non-hydrogen) atoms. The minimum absolute atomic E-state index is 0.364. The van der Waals surface area contributed by atoms with Gasteiger partial charge in [-0.15, -0.1) is 0 Å². The van der Waals surface area contributed by atoms with E-state index < -0.39 is 0 Å². The van der Waals surface area contributed by atoms with Crippen molar-refractivity contribution in [2.24, 2.45) is 9.98 Å². The molecule has 1 atom stereocenters. The van der Waals surface area contributed by atoms with Gasteiger partial charge in [0, 0.05) is 27.5 Å². The van der Waals surface area contributed by atoms with Crippen LogP contribution in [0.25, 0.3) is 65.7 Å². The first-order chi connectivity index (χ1) is 25.3. The van der Waals surface area contributed by atoms with Crippen molar-refractivity contribution in [1.82, 2.24) is 5.32 Å². The van der Waals surface area contributed by atoms with E-state index in [1.165, 1.54) is 10.9 Å². The van der Waals surface area contributed by atoms with Gasteiger partial charge in [0.1, 0.15) is 23.2 Å². The third kappa shape index (κ3) is 5.08. The van der Waals surface area contributed by atoms with Gasteiger partial charge in [-0.2, -0.15) is 0 Å². The van der Waals surface area contributed by atoms with Crippen LogP contribution < -0.4 is 5.32 Å². The van der Waals surface area contributed by atoms with E-state index in [1.807, 2.05) is 18.2 Å². The number of aliphatic imine (C=N–C) groups is 2. The van der Waals surface area contributed by atoms with Crippen molar-refractivity contribution < 1.29 is 4.42 Å². The second-order valence-corrected chi connectivity index (χ2v) is 13.0. The number of hydrogen-bond donors (Lipinski definition) is 1. The number of nitrogens with zero attached hydrogens (tertiary/aromatic N) is 2. The maximum absolute atomic E-state index is 6.27. The third-order valence-corrected chi connectivity index (χ3v) is 9.96. The van der Waals surface area contributed by atoms with Crippen LogP contribution in [0.4, 0.5) is 0 Å². The summed E-state index contributed by atoms with van der Waals surface area (Å²) < 4.78 is 6.27. The topological polar surface area (TPSA) is 49.9 Å². The molecule has 8 aromatic carbocycles. The van der Waals surface area contributed by atoms with Crippen LogP contribution in [0.15, 0.2) is 190 Å². The fourth-order valence-corrected chi connectivity index (χ4v) is 7.47. The van der Waals surface area contributed by atoms with Gasteiger partial charge in [0.2, 0.25) is 0 Å². The summed E-state index contributed by atoms with van der Waals surface area (Å²) in [5.41, 5.74) is 9.52. The average Bonchev–Trinajstić information content (AvgIpc) is 3.60. The Morgan fingerprint density at radius 1 is 0.451 bits per heavy atom. The van der Waals surface area contributed by atoms with Gasteiger partial charge >= 0.3 is 0 Å². The van der Waals surface area contributed by atoms with E-state index in [0.29, 0.717) is 5.84 Å². The average molecular weight is 654 g/mol. The van der Waals surface area contributed by atoms with Crippen molar-refractivity contribution in [2.45, 2.75) is 6.17 Å². The molecule has 0 saturated heterocycles. The Kier molecular flexibility index (Phi) is 6.85. The summed E-state index contributed by atoms with van der Waals surface area (Å²) in [6.07, 6.45) is -0.364. The minimum Gasteiger partial charge on any atom is -0.456 e. The highest BCUT2D eigenvalue weighted by molar-refractivity contribution is 6.16. The zero-order valence-corrected chi connectivity index (χ0v) is 27.6. The summed E-state index contributed by atoms with van der Waals surface area (Å²) in [4.78, 5) is 10.5. The molecule has 1 unspecified atom stereocenters. The van der Waals surface area contributed by atoms with Crippen molar-refractivity contribution in [3.8, 4) is 22.3 Å². The first kappa shape index (κ1) is 29.2. The number of rotatable bonds is 5. The predicted molar refractivity (Wildman–Crippen MR) is 211 cm³/mol. The van der Waals surface area contributed by atoms with Crippen molar-refractivity contribution in [1.29, 1.82) is 0 Å². The quantitative estimate of drug-likeness (QED) is 0.201. The van der Waals surface area contributed by atoms with Crippen LogP contribution in [-0.4, -0.2) is 11.7 Å². The lowest BCUT2D eigenvalue weighted by molar-refractivity contribution is 0.669. The second kappa shape index (κ2) is 12.0. The molecule has 4 heteroatoms. The highest BCUT2D eigenvalue weighted by atomic mass is 16.3. The van der Waals surface area contributed by atoms with Crippen LogP contribution in [0.1, 0.15) is 22.9 Å². The molecule has 1 aliphatic heterocycles. The van der Waals surface area contributed by atoms with Gasteiger partial charge in [-0.1, -0.05) is 158 Å². The molecule has 1 aromatic heterocycles. The van der Waals surface area contributed by atoms with Gasteiger partial charge in [-0.25, -0.2) is 9.98 Å². The number of para-hydroxylation sites is 1. The van der Waals surface area contributed by atoms with E-state index >= 15 is 0 Å². The van der Waals surface area contributed by atoms with E-state index in [9.17, 15) is 0 Å². The molecule has 1 N–H and O–H groups in total. The number of benzene rings is 8. The number of amidine groups is 2. The Bertz CT molecular complexity index is 2830. The monoisotopic (exact) mass is 653 g/mol. The summed E-state index contributed by atoms with van der Waals surface area (Å²) in [6, 6.07) is 61.6. The molecule has 0 radical (unpaired) electrons. The van der Waals surface area contributed by atoms with Crippen LogP contribution in [0.3, 0.4) is 0 Å². The third-order valence-electron chi connectivity index (χ3n) is 9.96. The van der Waals surface area contributed by atoms with Crippen molar-refractivity contribution in [3.63, 3.8) is 0 Å². The van der Waals surface area contributed by atoms with E-state index in [2.05, 4.69) is 163 Å². The summed E-state index contributed by atoms with van der Waals surface area (Å²) in [6.45, 7) is 0. The minimum atomic E-state index is -0.364. The first-order valence-electron chi connectivity index (χ1n) is 17.3. The number of fused-ring (bicyclic) bond motifs is 5. The Hall–Kier alpha value is -6.78. The molecule has 240 valence electrons. The number of nitrogens with one attached hydrogen (secondary N) is 1. The molecule has 0 saturated carbocycles. The smallest absolute Gasteiger partial charge is 0.159 e. The Morgan fingerprint density at radius 3 is 2.00 bits per heavy atom. The molecule has 0 fully saturated rings. The molecule has 9 aromatic rings. The normalized spacial score (nSPS) is 14.5. The predicted octanol–water partition coefficient (Wildman–Crippen LogP) is 11.7. The van der Waals surface area contributed by atoms with E-state index in [1.54, 1.807) is 0 Å². The summed E-state index contributed by atoms with van der Waals surface area (Å²) in [5, 5.41) is 10.6. The molecular formula is C47H31N3O. The van der Waals surface area contributed by atoms with Gasteiger partial charge in [0.15, 0.2) is 5.84 Å². The number of hydrogen-bond acceptors (Lipinski definition) is 4. The van der Waals surface area contributed by atoms with Crippen LogP contribution in [0.2, 0.25) is 0 Å². The Morgan fingerprint density at radius 2 is 1.10 bits per heavy atom. The Labute approximate surface area is 295 Å². The molecule has 0 aliphatic carbocycles. The maximum Gasteiger partial charge on any atom is 0.159 e. The molecule has 4 nitrogen and oxygen atoms in total. The largest absolute Gasteiger partial charge is 0.456 e. The fourth-order valence-electron chi connectivity index (χ4n) is 7.47. The highest BCUT2D eigenvalue weighted by Crippen LogP contribution is 2.40. The van der Waals surface area contributed by atoms with Gasteiger partial charge in [0.05, 0.1) is 0 Å². The lowest BCUT2D eigenvalue weighted by Crippen LogP contribution is -2.33. The molecule has 10 rings (SSSR count). The number of furan rings is 1. The molecule has 0 amide bonds. The lowest BCUT2D eigenvalue weighted by Gasteiger charge is -2.25. The second-order valence-electron chi connectivity index (χ2n) is 13.0. The van der Waals surface area contributed by atoms with Crippen molar-refractivity contribution in [3.05, 3.63) is 193 Å². The standard InChI is InChI=1S/C47H31N3O/c1-2-11-30(12-3-1)32-23-26-33(27-24-32)45-48-46(35-28-25-31-13-4-5-14-34(31)29-35)50-47(49-45)40-20-9-16-36-37(17-8-18-38(36)40)39-19-10-22-43-44(39)41-15-6-7-21-42(41)51-43/h1-29,47H,(H,48,49,50). The highest BCUT2D eigenvalue weighted by Gasteiger charge is 2.24. The van der Waals surface area contributed by atoms with E-state index in [-0.39, 0.29) is 6.17 Å². The summed E-state index contributed by atoms with van der Waals surface area (Å²) >= 11 is 0. The molecule has 0 spiro atoms. The van der Waals surface area contributed by atoms with Crippen LogP contribution in [-0.2, 0) is 0 Å². The van der Waals surface area contributed by atoms with Gasteiger partial charge in [-0.3, -0.25) is 0 Å². The molecule has 2 heterocycles. The molecule has 1 aliphatic rings. The van der Waals surface area contributed by atoms with Crippen LogP contribution in [0, 0.1) is 0 Å². The van der Waals surface area contributed by atoms with Crippen LogP contribution in [0.5, 0.6) is 0 Å². The molecular weight excluding hydrogens is 623 g/mol. The van der Waals surface area contributed by atoms with E-state index in [0.717, 1.165) is 77.3 Å². The van der Waals surface area contributed by atoms with Gasteiger partial charge in [-0.05, 0) is 62.0 Å². The molecule has 0 bridgehead atoms. The SMILES string of the molecule is c1ccc(-c2ccc(C3=NC(c4ccc5ccccc5c4)=NC(c4cccc5c(-c6cccc7oc8ccccc8c67)cccc45)N3)cc2)cc1. The van der Waals surface area contributed by atoms with Crippen molar-refractivity contribution in [2.75, 3.05) is 0 Å². The fraction of sp³-hybridized carbons (Fsp3) is 0.0213. The zero-order chi connectivity index (χ0) is 33.7. The summed E-state index contributed by atoms with van der Waals surface area (Å²) in [5.74, 6) is 1.50. The van der Waals surface area contributed by atoms with E-state index in [4.69, 9.17) is 14.4 Å².